The molecule has 2 aromatic rings. The van der Waals surface area contributed by atoms with Crippen molar-refractivity contribution in [2.24, 2.45) is 0 Å². The number of fused-ring (bicyclic) bond motifs is 1. The number of carbonyl (C=O) groups excluding carboxylic acids is 1. The van der Waals surface area contributed by atoms with Crippen LogP contribution in [0.25, 0.3) is 0 Å². The second-order valence-electron chi connectivity index (χ2n) is 4.45. The van der Waals surface area contributed by atoms with Crippen LogP contribution >= 0.6 is 11.3 Å². The molecule has 0 unspecified atom stereocenters. The third kappa shape index (κ3) is 2.14. The van der Waals surface area contributed by atoms with Crippen molar-refractivity contribution in [3.63, 3.8) is 0 Å². The van der Waals surface area contributed by atoms with Crippen LogP contribution in [0, 0.1) is 11.6 Å². The summed E-state index contributed by atoms with van der Waals surface area (Å²) in [6.45, 7) is 0. The Hall–Kier alpha value is -2.02. The molecule has 1 aliphatic rings. The maximum absolute atomic E-state index is 13.9. The Morgan fingerprint density at radius 3 is 3.00 bits per heavy atom. The SMILES string of the molecule is CNc1nc2c(s1)[C@H](c1cc(F)ccc1F)CC(=O)N2. The molecule has 2 heterocycles. The van der Waals surface area contributed by atoms with Crippen LogP contribution < -0.4 is 10.6 Å². The third-order valence-electron chi connectivity index (χ3n) is 3.16. The molecule has 4 nitrogen and oxygen atoms in total. The van der Waals surface area contributed by atoms with Gasteiger partial charge in [-0.15, -0.1) is 0 Å². The molecular formula is C13H11F2N3OS. The highest BCUT2D eigenvalue weighted by atomic mass is 32.1. The van der Waals surface area contributed by atoms with E-state index in [2.05, 4.69) is 15.6 Å². The van der Waals surface area contributed by atoms with Crippen LogP contribution in [0.3, 0.4) is 0 Å². The van der Waals surface area contributed by atoms with Gasteiger partial charge in [-0.25, -0.2) is 13.8 Å². The minimum absolute atomic E-state index is 0.0821. The Kier molecular flexibility index (Phi) is 3.13. The number of halogens is 2. The fraction of sp³-hybridized carbons (Fsp3) is 0.231. The predicted molar refractivity (Wildman–Crippen MR) is 73.1 cm³/mol. The Balaban J connectivity index is 2.12. The molecule has 104 valence electrons. The van der Waals surface area contributed by atoms with E-state index in [1.165, 1.54) is 11.3 Å². The first-order chi connectivity index (χ1) is 9.58. The molecule has 0 saturated heterocycles. The van der Waals surface area contributed by atoms with E-state index in [-0.39, 0.29) is 17.9 Å². The topological polar surface area (TPSA) is 54.0 Å². The van der Waals surface area contributed by atoms with E-state index >= 15 is 0 Å². The average molecular weight is 295 g/mol. The maximum Gasteiger partial charge on any atom is 0.226 e. The van der Waals surface area contributed by atoms with Crippen LogP contribution in [0.4, 0.5) is 19.7 Å². The molecule has 0 aliphatic carbocycles. The number of hydrogen-bond acceptors (Lipinski definition) is 4. The van der Waals surface area contributed by atoms with Crippen molar-refractivity contribution in [1.82, 2.24) is 4.98 Å². The Morgan fingerprint density at radius 2 is 2.25 bits per heavy atom. The number of amides is 1. The zero-order valence-corrected chi connectivity index (χ0v) is 11.4. The van der Waals surface area contributed by atoms with Crippen molar-refractivity contribution in [1.29, 1.82) is 0 Å². The second-order valence-corrected chi connectivity index (χ2v) is 5.48. The van der Waals surface area contributed by atoms with Gasteiger partial charge in [0.25, 0.3) is 0 Å². The highest BCUT2D eigenvalue weighted by Crippen LogP contribution is 2.42. The largest absolute Gasteiger partial charge is 0.365 e. The quantitative estimate of drug-likeness (QED) is 0.895. The van der Waals surface area contributed by atoms with E-state index in [4.69, 9.17) is 0 Å². The highest BCUT2D eigenvalue weighted by molar-refractivity contribution is 7.16. The number of benzene rings is 1. The lowest BCUT2D eigenvalue weighted by atomic mass is 9.91. The monoisotopic (exact) mass is 295 g/mol. The highest BCUT2D eigenvalue weighted by Gasteiger charge is 2.32. The summed E-state index contributed by atoms with van der Waals surface area (Å²) in [6.07, 6.45) is 0.0821. The van der Waals surface area contributed by atoms with Gasteiger partial charge in [-0.3, -0.25) is 4.79 Å². The standard InChI is InChI=1S/C13H11F2N3OS/c1-16-13-18-12-11(20-13)8(5-10(19)17-12)7-4-6(14)2-3-9(7)15/h2-4,8H,5H2,1H3,(H,16,18)(H,17,19)/t8-/m0/s1. The Bertz CT molecular complexity index is 686. The smallest absolute Gasteiger partial charge is 0.226 e. The summed E-state index contributed by atoms with van der Waals surface area (Å²) >= 11 is 1.33. The molecule has 1 aromatic carbocycles. The molecular weight excluding hydrogens is 284 g/mol. The Labute approximate surface area is 117 Å². The lowest BCUT2D eigenvalue weighted by molar-refractivity contribution is -0.116. The van der Waals surface area contributed by atoms with Crippen molar-refractivity contribution < 1.29 is 13.6 Å². The zero-order chi connectivity index (χ0) is 14.3. The van der Waals surface area contributed by atoms with Crippen LogP contribution in [-0.4, -0.2) is 17.9 Å². The van der Waals surface area contributed by atoms with E-state index in [0.717, 1.165) is 23.1 Å². The van der Waals surface area contributed by atoms with E-state index in [1.807, 2.05) is 0 Å². The molecule has 1 aromatic heterocycles. The predicted octanol–water partition coefficient (Wildman–Crippen LogP) is 2.94. The lowest BCUT2D eigenvalue weighted by Gasteiger charge is -2.21. The van der Waals surface area contributed by atoms with Gasteiger partial charge in [0.2, 0.25) is 5.91 Å². The first-order valence-electron chi connectivity index (χ1n) is 6.01. The molecule has 0 radical (unpaired) electrons. The van der Waals surface area contributed by atoms with E-state index in [0.29, 0.717) is 10.9 Å². The van der Waals surface area contributed by atoms with Gasteiger partial charge in [0.15, 0.2) is 5.13 Å². The summed E-state index contributed by atoms with van der Waals surface area (Å²) in [7, 11) is 1.71. The van der Waals surface area contributed by atoms with Crippen LogP contribution in [-0.2, 0) is 4.79 Å². The number of aromatic nitrogens is 1. The molecule has 3 rings (SSSR count). The molecule has 2 N–H and O–H groups in total. The average Bonchev–Trinajstić information content (AvgIpc) is 2.83. The molecule has 1 amide bonds. The number of anilines is 2. The summed E-state index contributed by atoms with van der Waals surface area (Å²) in [5, 5.41) is 6.16. The Morgan fingerprint density at radius 1 is 1.45 bits per heavy atom. The molecule has 7 heteroatoms. The summed E-state index contributed by atoms with van der Waals surface area (Å²) < 4.78 is 27.3. The zero-order valence-electron chi connectivity index (χ0n) is 10.5. The molecule has 0 fully saturated rings. The number of rotatable bonds is 2. The number of thiazole rings is 1. The van der Waals surface area contributed by atoms with Crippen LogP contribution in [0.15, 0.2) is 18.2 Å². The van der Waals surface area contributed by atoms with Gasteiger partial charge in [0, 0.05) is 19.4 Å². The minimum Gasteiger partial charge on any atom is -0.365 e. The van der Waals surface area contributed by atoms with Crippen molar-refractivity contribution >= 4 is 28.2 Å². The fourth-order valence-corrected chi connectivity index (χ4v) is 3.25. The molecule has 0 spiro atoms. The van der Waals surface area contributed by atoms with Gasteiger partial charge in [-0.2, -0.15) is 0 Å². The van der Waals surface area contributed by atoms with E-state index in [1.54, 1.807) is 7.05 Å². The van der Waals surface area contributed by atoms with Gasteiger partial charge in [0.05, 0.1) is 4.88 Å². The van der Waals surface area contributed by atoms with Crippen molar-refractivity contribution in [3.8, 4) is 0 Å². The van der Waals surface area contributed by atoms with Gasteiger partial charge in [-0.1, -0.05) is 11.3 Å². The second kappa shape index (κ2) is 4.82. The van der Waals surface area contributed by atoms with Gasteiger partial charge in [-0.05, 0) is 23.8 Å². The van der Waals surface area contributed by atoms with Crippen molar-refractivity contribution in [3.05, 3.63) is 40.3 Å². The fourth-order valence-electron chi connectivity index (χ4n) is 2.26. The minimum atomic E-state index is -0.521. The number of carbonyl (C=O) groups is 1. The van der Waals surface area contributed by atoms with E-state index < -0.39 is 17.6 Å². The van der Waals surface area contributed by atoms with Crippen LogP contribution in [0.2, 0.25) is 0 Å². The normalized spacial score (nSPS) is 17.6. The molecule has 1 atom stereocenters. The third-order valence-corrected chi connectivity index (χ3v) is 4.35. The summed E-state index contributed by atoms with van der Waals surface area (Å²) in [5.41, 5.74) is 0.187. The first kappa shape index (κ1) is 13.0. The number of nitrogens with one attached hydrogen (secondary N) is 2. The maximum atomic E-state index is 13.9. The van der Waals surface area contributed by atoms with Gasteiger partial charge < -0.3 is 10.6 Å². The van der Waals surface area contributed by atoms with Crippen molar-refractivity contribution in [2.75, 3.05) is 17.7 Å². The van der Waals surface area contributed by atoms with Gasteiger partial charge in [0.1, 0.15) is 17.5 Å². The number of nitrogens with zero attached hydrogens (tertiary/aromatic N) is 1. The lowest BCUT2D eigenvalue weighted by Crippen LogP contribution is -2.23. The van der Waals surface area contributed by atoms with Crippen molar-refractivity contribution in [2.45, 2.75) is 12.3 Å². The summed E-state index contributed by atoms with van der Waals surface area (Å²) in [6, 6.07) is 3.28. The summed E-state index contributed by atoms with van der Waals surface area (Å²) in [4.78, 5) is 16.7. The first-order valence-corrected chi connectivity index (χ1v) is 6.83. The molecule has 0 bridgehead atoms. The molecule has 20 heavy (non-hydrogen) atoms. The van der Waals surface area contributed by atoms with Crippen LogP contribution in [0.5, 0.6) is 0 Å². The molecule has 0 saturated carbocycles. The number of hydrogen-bond donors (Lipinski definition) is 2. The van der Waals surface area contributed by atoms with Crippen LogP contribution in [0.1, 0.15) is 22.8 Å². The van der Waals surface area contributed by atoms with E-state index in [9.17, 15) is 13.6 Å². The van der Waals surface area contributed by atoms with Gasteiger partial charge >= 0.3 is 0 Å². The molecule has 1 aliphatic heterocycles. The summed E-state index contributed by atoms with van der Waals surface area (Å²) in [5.74, 6) is -1.37.